The third kappa shape index (κ3) is 4.05. The predicted molar refractivity (Wildman–Crippen MR) is 86.3 cm³/mol. The maximum Gasteiger partial charge on any atom is 0.227 e. The van der Waals surface area contributed by atoms with Crippen molar-refractivity contribution in [3.63, 3.8) is 0 Å². The van der Waals surface area contributed by atoms with Crippen LogP contribution in [0.1, 0.15) is 38.2 Å². The first kappa shape index (κ1) is 15.5. The first-order chi connectivity index (χ1) is 10.1. The molecule has 2 N–H and O–H groups in total. The molecule has 0 heterocycles. The highest BCUT2D eigenvalue weighted by Crippen LogP contribution is 2.21. The van der Waals surface area contributed by atoms with E-state index in [4.69, 9.17) is 0 Å². The van der Waals surface area contributed by atoms with Crippen LogP contribution in [0.2, 0.25) is 0 Å². The van der Waals surface area contributed by atoms with E-state index in [1.54, 1.807) is 0 Å². The number of aliphatic hydroxyl groups excluding tert-OH is 1. The molecule has 0 saturated heterocycles. The van der Waals surface area contributed by atoms with Gasteiger partial charge in [-0.3, -0.25) is 4.79 Å². The van der Waals surface area contributed by atoms with Gasteiger partial charge in [-0.15, -0.1) is 0 Å². The van der Waals surface area contributed by atoms with Gasteiger partial charge in [0.15, 0.2) is 0 Å². The standard InChI is InChI=1S/C18H23NO2/c1-3-6-17(20)12-19-18(21)13(2)15-10-9-14-7-4-5-8-16(14)11-15/h4-5,7-11,13,17,20H,3,6,12H2,1-2H3,(H,19,21). The Hall–Kier alpha value is -1.87. The molecule has 3 heteroatoms. The fraction of sp³-hybridized carbons (Fsp3) is 0.389. The Morgan fingerprint density at radius 1 is 1.19 bits per heavy atom. The molecule has 1 amide bonds. The number of carbonyl (C=O) groups excluding carboxylic acids is 1. The summed E-state index contributed by atoms with van der Waals surface area (Å²) < 4.78 is 0. The molecule has 0 saturated carbocycles. The average molecular weight is 285 g/mol. The molecule has 2 rings (SSSR count). The lowest BCUT2D eigenvalue weighted by Gasteiger charge is -2.15. The van der Waals surface area contributed by atoms with Gasteiger partial charge < -0.3 is 10.4 Å². The summed E-state index contributed by atoms with van der Waals surface area (Å²) in [7, 11) is 0. The molecule has 0 bridgehead atoms. The fourth-order valence-corrected chi connectivity index (χ4v) is 2.44. The lowest BCUT2D eigenvalue weighted by Crippen LogP contribution is -2.34. The van der Waals surface area contributed by atoms with Gasteiger partial charge >= 0.3 is 0 Å². The molecule has 2 atom stereocenters. The van der Waals surface area contributed by atoms with E-state index in [9.17, 15) is 9.90 Å². The first-order valence-corrected chi connectivity index (χ1v) is 7.56. The van der Waals surface area contributed by atoms with Gasteiger partial charge in [0.2, 0.25) is 5.91 Å². The quantitative estimate of drug-likeness (QED) is 0.856. The summed E-state index contributed by atoms with van der Waals surface area (Å²) in [6, 6.07) is 14.2. The molecule has 2 aromatic rings. The summed E-state index contributed by atoms with van der Waals surface area (Å²) in [5, 5.41) is 14.8. The van der Waals surface area contributed by atoms with E-state index in [1.165, 1.54) is 5.39 Å². The predicted octanol–water partition coefficient (Wildman–Crippen LogP) is 3.22. The lowest BCUT2D eigenvalue weighted by molar-refractivity contribution is -0.122. The molecule has 0 spiro atoms. The molecule has 0 aliphatic heterocycles. The SMILES string of the molecule is CCCC(O)CNC(=O)C(C)c1ccc2ccccc2c1. The number of amides is 1. The summed E-state index contributed by atoms with van der Waals surface area (Å²) in [5.74, 6) is -0.260. The van der Waals surface area contributed by atoms with Gasteiger partial charge in [-0.1, -0.05) is 55.8 Å². The monoisotopic (exact) mass is 285 g/mol. The molecule has 112 valence electrons. The summed E-state index contributed by atoms with van der Waals surface area (Å²) in [5.41, 5.74) is 0.996. The number of rotatable bonds is 6. The zero-order valence-electron chi connectivity index (χ0n) is 12.7. The van der Waals surface area contributed by atoms with E-state index < -0.39 is 6.10 Å². The Kier molecular flexibility index (Phi) is 5.34. The summed E-state index contributed by atoms with van der Waals surface area (Å²) >= 11 is 0. The summed E-state index contributed by atoms with van der Waals surface area (Å²) in [6.45, 7) is 4.24. The number of benzene rings is 2. The first-order valence-electron chi connectivity index (χ1n) is 7.56. The molecular weight excluding hydrogens is 262 g/mol. The normalized spacial score (nSPS) is 13.9. The van der Waals surface area contributed by atoms with Gasteiger partial charge in [0, 0.05) is 6.54 Å². The number of carbonyl (C=O) groups is 1. The summed E-state index contributed by atoms with van der Waals surface area (Å²) in [4.78, 5) is 12.2. The number of nitrogens with one attached hydrogen (secondary N) is 1. The second-order valence-corrected chi connectivity index (χ2v) is 5.52. The van der Waals surface area contributed by atoms with Gasteiger partial charge in [0.25, 0.3) is 0 Å². The van der Waals surface area contributed by atoms with Gasteiger partial charge in [-0.2, -0.15) is 0 Å². The van der Waals surface area contributed by atoms with Crippen LogP contribution in [0.25, 0.3) is 10.8 Å². The van der Waals surface area contributed by atoms with Gasteiger partial charge in [-0.25, -0.2) is 0 Å². The van der Waals surface area contributed by atoms with E-state index in [0.29, 0.717) is 13.0 Å². The number of aliphatic hydroxyl groups is 1. The van der Waals surface area contributed by atoms with Crippen LogP contribution in [-0.2, 0) is 4.79 Å². The van der Waals surface area contributed by atoms with Crippen molar-refractivity contribution in [2.24, 2.45) is 0 Å². The zero-order chi connectivity index (χ0) is 15.2. The van der Waals surface area contributed by atoms with E-state index in [2.05, 4.69) is 23.5 Å². The third-order valence-electron chi connectivity index (χ3n) is 3.80. The number of hydrogen-bond donors (Lipinski definition) is 2. The Labute approximate surface area is 126 Å². The summed E-state index contributed by atoms with van der Waals surface area (Å²) in [6.07, 6.45) is 1.17. The van der Waals surface area contributed by atoms with Crippen LogP contribution in [0.5, 0.6) is 0 Å². The van der Waals surface area contributed by atoms with Crippen molar-refractivity contribution in [2.75, 3.05) is 6.54 Å². The minimum absolute atomic E-state index is 0.0413. The van der Waals surface area contributed by atoms with Crippen LogP contribution in [0.15, 0.2) is 42.5 Å². The van der Waals surface area contributed by atoms with Crippen molar-refractivity contribution in [3.05, 3.63) is 48.0 Å². The fourth-order valence-electron chi connectivity index (χ4n) is 2.44. The second-order valence-electron chi connectivity index (χ2n) is 5.52. The Morgan fingerprint density at radius 3 is 2.62 bits per heavy atom. The Bertz CT molecular complexity index is 609. The molecule has 0 aliphatic rings. The molecule has 2 aromatic carbocycles. The van der Waals surface area contributed by atoms with Crippen molar-refractivity contribution >= 4 is 16.7 Å². The van der Waals surface area contributed by atoms with Crippen LogP contribution in [0.3, 0.4) is 0 Å². The van der Waals surface area contributed by atoms with E-state index >= 15 is 0 Å². The highest BCUT2D eigenvalue weighted by molar-refractivity contribution is 5.87. The van der Waals surface area contributed by atoms with Gasteiger partial charge in [0.1, 0.15) is 0 Å². The molecule has 2 unspecified atom stereocenters. The number of fused-ring (bicyclic) bond motifs is 1. The van der Waals surface area contributed by atoms with E-state index in [0.717, 1.165) is 17.4 Å². The lowest BCUT2D eigenvalue weighted by atomic mass is 9.97. The zero-order valence-corrected chi connectivity index (χ0v) is 12.7. The van der Waals surface area contributed by atoms with Crippen molar-refractivity contribution in [3.8, 4) is 0 Å². The highest BCUT2D eigenvalue weighted by Gasteiger charge is 2.16. The topological polar surface area (TPSA) is 49.3 Å². The van der Waals surface area contributed by atoms with Crippen LogP contribution in [0, 0.1) is 0 Å². The van der Waals surface area contributed by atoms with E-state index in [1.807, 2.05) is 38.1 Å². The third-order valence-corrected chi connectivity index (χ3v) is 3.80. The van der Waals surface area contributed by atoms with Crippen molar-refractivity contribution in [1.82, 2.24) is 5.32 Å². The maximum absolute atomic E-state index is 12.2. The molecule has 0 aliphatic carbocycles. The molecule has 0 fully saturated rings. The van der Waals surface area contributed by atoms with Gasteiger partial charge in [0.05, 0.1) is 12.0 Å². The van der Waals surface area contributed by atoms with Crippen molar-refractivity contribution in [2.45, 2.75) is 38.7 Å². The van der Waals surface area contributed by atoms with Crippen LogP contribution in [0.4, 0.5) is 0 Å². The van der Waals surface area contributed by atoms with Gasteiger partial charge in [-0.05, 0) is 29.7 Å². The Balaban J connectivity index is 2.03. The second kappa shape index (κ2) is 7.23. The molecule has 21 heavy (non-hydrogen) atoms. The minimum atomic E-state index is -0.456. The number of hydrogen-bond acceptors (Lipinski definition) is 2. The Morgan fingerprint density at radius 2 is 1.90 bits per heavy atom. The van der Waals surface area contributed by atoms with Crippen molar-refractivity contribution in [1.29, 1.82) is 0 Å². The van der Waals surface area contributed by atoms with E-state index in [-0.39, 0.29) is 11.8 Å². The molecule has 0 aromatic heterocycles. The maximum atomic E-state index is 12.2. The largest absolute Gasteiger partial charge is 0.391 e. The average Bonchev–Trinajstić information content (AvgIpc) is 2.51. The van der Waals surface area contributed by atoms with Crippen LogP contribution < -0.4 is 5.32 Å². The van der Waals surface area contributed by atoms with Crippen LogP contribution in [-0.4, -0.2) is 23.7 Å². The molecular formula is C18H23NO2. The smallest absolute Gasteiger partial charge is 0.227 e. The highest BCUT2D eigenvalue weighted by atomic mass is 16.3. The molecule has 0 radical (unpaired) electrons. The van der Waals surface area contributed by atoms with Crippen LogP contribution >= 0.6 is 0 Å². The minimum Gasteiger partial charge on any atom is -0.391 e. The van der Waals surface area contributed by atoms with Crippen molar-refractivity contribution < 1.29 is 9.90 Å². The molecule has 3 nitrogen and oxygen atoms in total.